The second-order valence-corrected chi connectivity index (χ2v) is 6.52. The van der Waals surface area contributed by atoms with E-state index in [0.29, 0.717) is 42.0 Å². The summed E-state index contributed by atoms with van der Waals surface area (Å²) in [7, 11) is 1.85. The van der Waals surface area contributed by atoms with Crippen LogP contribution >= 0.6 is 0 Å². The Morgan fingerprint density at radius 1 is 1.21 bits per heavy atom. The number of rotatable bonds is 5. The maximum absolute atomic E-state index is 9.55. The monoisotopic (exact) mass is 376 g/mol. The highest BCUT2D eigenvalue weighted by Gasteiger charge is 2.17. The highest BCUT2D eigenvalue weighted by Crippen LogP contribution is 2.27. The largest absolute Gasteiger partial charge is 0.489 e. The van der Waals surface area contributed by atoms with Gasteiger partial charge in [-0.15, -0.1) is 0 Å². The molecule has 0 bridgehead atoms. The molecule has 1 fully saturated rings. The third-order valence-corrected chi connectivity index (χ3v) is 4.45. The van der Waals surface area contributed by atoms with Gasteiger partial charge < -0.3 is 14.8 Å². The molecule has 3 heterocycles. The number of nitrogens with zero attached hydrogens (tertiary/aromatic N) is 5. The fourth-order valence-corrected chi connectivity index (χ4v) is 3.01. The van der Waals surface area contributed by atoms with Crippen LogP contribution < -0.4 is 10.1 Å². The standard InChI is InChI=1S/C20H20N6O2/c1-26-9-5-19(25-26)23-18-4-8-22-20(24-18)14-2-3-17(15(12-14)13-21)28-16-6-10-27-11-7-16/h2-5,8-9,12,16H,6-7,10-11H2,1H3,(H,22,23,24,25). The fourth-order valence-electron chi connectivity index (χ4n) is 3.01. The minimum Gasteiger partial charge on any atom is -0.489 e. The van der Waals surface area contributed by atoms with Crippen LogP contribution in [0, 0.1) is 11.3 Å². The van der Waals surface area contributed by atoms with E-state index >= 15 is 0 Å². The van der Waals surface area contributed by atoms with Crippen LogP contribution in [0.5, 0.6) is 5.75 Å². The summed E-state index contributed by atoms with van der Waals surface area (Å²) in [5, 5.41) is 17.0. The molecule has 1 aliphatic rings. The molecule has 1 aliphatic heterocycles. The van der Waals surface area contributed by atoms with Crippen LogP contribution in [0.1, 0.15) is 18.4 Å². The number of benzene rings is 1. The van der Waals surface area contributed by atoms with Crippen molar-refractivity contribution in [3.63, 3.8) is 0 Å². The van der Waals surface area contributed by atoms with Gasteiger partial charge in [0, 0.05) is 43.9 Å². The maximum atomic E-state index is 9.55. The average Bonchev–Trinajstić information content (AvgIpc) is 3.14. The van der Waals surface area contributed by atoms with Crippen molar-refractivity contribution < 1.29 is 9.47 Å². The minimum absolute atomic E-state index is 0.0776. The lowest BCUT2D eigenvalue weighted by molar-refractivity contribution is 0.0254. The van der Waals surface area contributed by atoms with Crippen LogP contribution in [-0.2, 0) is 11.8 Å². The summed E-state index contributed by atoms with van der Waals surface area (Å²) >= 11 is 0. The molecule has 0 spiro atoms. The molecule has 8 nitrogen and oxygen atoms in total. The van der Waals surface area contributed by atoms with Gasteiger partial charge in [0.25, 0.3) is 0 Å². The molecule has 0 saturated carbocycles. The van der Waals surface area contributed by atoms with Gasteiger partial charge in [0.15, 0.2) is 11.6 Å². The molecule has 0 atom stereocenters. The van der Waals surface area contributed by atoms with Crippen LogP contribution in [0.25, 0.3) is 11.4 Å². The first-order valence-corrected chi connectivity index (χ1v) is 9.10. The highest BCUT2D eigenvalue weighted by molar-refractivity contribution is 5.63. The Bertz CT molecular complexity index is 1000. The normalized spacial score (nSPS) is 14.4. The van der Waals surface area contributed by atoms with E-state index in [1.54, 1.807) is 23.0 Å². The van der Waals surface area contributed by atoms with Crippen LogP contribution in [0.4, 0.5) is 11.6 Å². The lowest BCUT2D eigenvalue weighted by Gasteiger charge is -2.23. The third kappa shape index (κ3) is 4.10. The Morgan fingerprint density at radius 2 is 2.07 bits per heavy atom. The molecule has 2 aromatic heterocycles. The van der Waals surface area contributed by atoms with E-state index in [4.69, 9.17) is 9.47 Å². The Kier molecular flexibility index (Phi) is 5.17. The molecule has 3 aromatic rings. The molecule has 1 N–H and O–H groups in total. The predicted molar refractivity (Wildman–Crippen MR) is 103 cm³/mol. The summed E-state index contributed by atoms with van der Waals surface area (Å²) in [5.41, 5.74) is 1.22. The van der Waals surface area contributed by atoms with Gasteiger partial charge >= 0.3 is 0 Å². The number of nitrogens with one attached hydrogen (secondary N) is 1. The molecule has 1 saturated heterocycles. The van der Waals surface area contributed by atoms with E-state index in [-0.39, 0.29) is 6.10 Å². The summed E-state index contributed by atoms with van der Waals surface area (Å²) in [5.74, 6) is 2.44. The average molecular weight is 376 g/mol. The van der Waals surface area contributed by atoms with Gasteiger partial charge in [-0.25, -0.2) is 9.97 Å². The number of aromatic nitrogens is 4. The van der Waals surface area contributed by atoms with Crippen LogP contribution in [0.2, 0.25) is 0 Å². The first-order chi connectivity index (χ1) is 13.7. The quantitative estimate of drug-likeness (QED) is 0.731. The molecular formula is C20H20N6O2. The number of nitriles is 1. The number of hydrogen-bond acceptors (Lipinski definition) is 7. The maximum Gasteiger partial charge on any atom is 0.161 e. The molecule has 0 amide bonds. The number of anilines is 2. The van der Waals surface area contributed by atoms with Crippen LogP contribution in [-0.4, -0.2) is 39.1 Å². The first-order valence-electron chi connectivity index (χ1n) is 9.10. The molecular weight excluding hydrogens is 356 g/mol. The Morgan fingerprint density at radius 3 is 2.82 bits per heavy atom. The van der Waals surface area contributed by atoms with E-state index in [9.17, 15) is 5.26 Å². The zero-order valence-electron chi connectivity index (χ0n) is 15.5. The zero-order chi connectivity index (χ0) is 19.3. The summed E-state index contributed by atoms with van der Waals surface area (Å²) in [6.07, 6.45) is 5.26. The van der Waals surface area contributed by atoms with Gasteiger partial charge in [-0.1, -0.05) is 0 Å². The van der Waals surface area contributed by atoms with E-state index in [1.165, 1.54) is 0 Å². The number of ether oxygens (including phenoxy) is 2. The van der Waals surface area contributed by atoms with Crippen LogP contribution in [0.3, 0.4) is 0 Å². The lowest BCUT2D eigenvalue weighted by Crippen LogP contribution is -2.26. The summed E-state index contributed by atoms with van der Waals surface area (Å²) in [4.78, 5) is 8.86. The minimum atomic E-state index is 0.0776. The molecule has 4 rings (SSSR count). The Labute approximate surface area is 162 Å². The van der Waals surface area contributed by atoms with Crippen molar-refractivity contribution in [2.45, 2.75) is 18.9 Å². The fraction of sp³-hybridized carbons (Fsp3) is 0.300. The van der Waals surface area contributed by atoms with Gasteiger partial charge in [-0.3, -0.25) is 4.68 Å². The van der Waals surface area contributed by atoms with Crippen molar-refractivity contribution in [2.24, 2.45) is 7.05 Å². The molecule has 0 unspecified atom stereocenters. The summed E-state index contributed by atoms with van der Waals surface area (Å²) in [6, 6.07) is 11.3. The summed E-state index contributed by atoms with van der Waals surface area (Å²) < 4.78 is 13.1. The summed E-state index contributed by atoms with van der Waals surface area (Å²) in [6.45, 7) is 1.38. The molecule has 28 heavy (non-hydrogen) atoms. The van der Waals surface area contributed by atoms with Gasteiger partial charge in [-0.2, -0.15) is 10.4 Å². The topological polar surface area (TPSA) is 97.9 Å². The smallest absolute Gasteiger partial charge is 0.161 e. The van der Waals surface area contributed by atoms with E-state index < -0.39 is 0 Å². The van der Waals surface area contributed by atoms with Crippen molar-refractivity contribution in [1.29, 1.82) is 5.26 Å². The van der Waals surface area contributed by atoms with Gasteiger partial charge in [0.1, 0.15) is 23.7 Å². The second kappa shape index (κ2) is 8.06. The van der Waals surface area contributed by atoms with Crippen molar-refractivity contribution in [2.75, 3.05) is 18.5 Å². The second-order valence-electron chi connectivity index (χ2n) is 6.52. The van der Waals surface area contributed by atoms with E-state index in [1.807, 2.05) is 31.4 Å². The Hall–Kier alpha value is -3.44. The lowest BCUT2D eigenvalue weighted by atomic mass is 10.1. The van der Waals surface area contributed by atoms with Gasteiger partial charge in [0.05, 0.1) is 18.8 Å². The van der Waals surface area contributed by atoms with E-state index in [2.05, 4.69) is 26.5 Å². The predicted octanol–water partition coefficient (Wildman–Crippen LogP) is 3.05. The number of hydrogen-bond donors (Lipinski definition) is 1. The first kappa shape index (κ1) is 17.9. The molecule has 0 aliphatic carbocycles. The number of aryl methyl sites for hydroxylation is 1. The SMILES string of the molecule is Cn1ccc(Nc2ccnc(-c3ccc(OC4CCOCC4)c(C#N)c3)n2)n1. The van der Waals surface area contributed by atoms with Crippen molar-refractivity contribution in [3.05, 3.63) is 48.3 Å². The van der Waals surface area contributed by atoms with Gasteiger partial charge in [0.2, 0.25) is 0 Å². The van der Waals surface area contributed by atoms with Crippen molar-refractivity contribution in [3.8, 4) is 23.2 Å². The molecule has 142 valence electrons. The van der Waals surface area contributed by atoms with Gasteiger partial charge in [-0.05, 0) is 24.3 Å². The molecule has 1 aromatic carbocycles. The van der Waals surface area contributed by atoms with E-state index in [0.717, 1.165) is 18.4 Å². The van der Waals surface area contributed by atoms with Crippen LogP contribution in [0.15, 0.2) is 42.7 Å². The Balaban J connectivity index is 1.55. The highest BCUT2D eigenvalue weighted by atomic mass is 16.5. The van der Waals surface area contributed by atoms with Crippen molar-refractivity contribution in [1.82, 2.24) is 19.7 Å². The molecule has 0 radical (unpaired) electrons. The zero-order valence-corrected chi connectivity index (χ0v) is 15.5. The third-order valence-electron chi connectivity index (χ3n) is 4.45. The molecule has 8 heteroatoms. The van der Waals surface area contributed by atoms with Crippen molar-refractivity contribution >= 4 is 11.6 Å².